The third kappa shape index (κ3) is 6.87. The number of rotatable bonds is 8. The lowest BCUT2D eigenvalue weighted by Crippen LogP contribution is -2.22. The van der Waals surface area contributed by atoms with Crippen LogP contribution in [-0.2, 0) is 9.47 Å². The zero-order valence-corrected chi connectivity index (χ0v) is 19.5. The molecule has 0 bridgehead atoms. The monoisotopic (exact) mass is 472 g/mol. The van der Waals surface area contributed by atoms with Gasteiger partial charge in [0, 0.05) is 17.2 Å². The van der Waals surface area contributed by atoms with Gasteiger partial charge in [0.15, 0.2) is 11.6 Å². The van der Waals surface area contributed by atoms with Crippen molar-refractivity contribution in [1.29, 1.82) is 0 Å². The second-order valence-electron chi connectivity index (χ2n) is 7.93. The molecule has 34 heavy (non-hydrogen) atoms. The Morgan fingerprint density at radius 1 is 1.00 bits per heavy atom. The van der Waals surface area contributed by atoms with Crippen molar-refractivity contribution >= 4 is 0 Å². The molecule has 0 heterocycles. The number of phenolic OH excluding ortho intramolecular Hbond substituents is 1. The minimum absolute atomic E-state index is 0.0407. The molecule has 6 heteroatoms. The first-order valence-electron chi connectivity index (χ1n) is 11.0. The molecule has 0 aliphatic heterocycles. The van der Waals surface area contributed by atoms with Gasteiger partial charge in [-0.15, -0.1) is 13.2 Å². The molecule has 1 aliphatic carbocycles. The van der Waals surface area contributed by atoms with Gasteiger partial charge in [0.05, 0.1) is 19.8 Å². The topological polar surface area (TPSA) is 38.7 Å². The highest BCUT2D eigenvalue weighted by atomic mass is 19.2. The van der Waals surface area contributed by atoms with E-state index in [0.717, 1.165) is 6.08 Å². The zero-order valence-electron chi connectivity index (χ0n) is 19.5. The second-order valence-corrected chi connectivity index (χ2v) is 7.93. The van der Waals surface area contributed by atoms with Crippen molar-refractivity contribution in [3.05, 3.63) is 103 Å². The molecule has 182 valence electrons. The summed E-state index contributed by atoms with van der Waals surface area (Å²) in [6.07, 6.45) is 3.67. The standard InChI is InChI=1S/C26H27F3O3.C2H4/c1-16(24(27)14-17(2)31-3)15-32-21-10-6-19(7-11-21)23-13-12-22(25(28)26(23)29)18-4-8-20(30)9-5-18;1-2/h4-5,8-9,12-14,19,21,30H,1-2,6-7,10-11,15H2,3H3;1-2H2/b24-14+;. The minimum Gasteiger partial charge on any atom is -0.508 e. The molecular formula is C28H31F3O3. The summed E-state index contributed by atoms with van der Waals surface area (Å²) < 4.78 is 54.2. The van der Waals surface area contributed by atoms with Crippen molar-refractivity contribution in [3.8, 4) is 16.9 Å². The van der Waals surface area contributed by atoms with Gasteiger partial charge >= 0.3 is 0 Å². The zero-order chi connectivity index (χ0) is 25.3. The van der Waals surface area contributed by atoms with Gasteiger partial charge in [0.25, 0.3) is 0 Å². The van der Waals surface area contributed by atoms with Gasteiger partial charge in [-0.1, -0.05) is 37.4 Å². The molecule has 1 fully saturated rings. The highest BCUT2D eigenvalue weighted by molar-refractivity contribution is 5.65. The lowest BCUT2D eigenvalue weighted by molar-refractivity contribution is 0.0382. The molecule has 0 unspecified atom stereocenters. The molecule has 0 saturated heterocycles. The maximum atomic E-state index is 14.9. The number of benzene rings is 2. The van der Waals surface area contributed by atoms with E-state index in [2.05, 4.69) is 26.3 Å². The average molecular weight is 473 g/mol. The summed E-state index contributed by atoms with van der Waals surface area (Å²) in [5, 5.41) is 9.39. The summed E-state index contributed by atoms with van der Waals surface area (Å²) in [5.74, 6) is -2.12. The fraction of sp³-hybridized carbons (Fsp3) is 0.286. The molecule has 0 aromatic heterocycles. The van der Waals surface area contributed by atoms with Gasteiger partial charge in [-0.25, -0.2) is 13.2 Å². The van der Waals surface area contributed by atoms with Crippen LogP contribution in [0.3, 0.4) is 0 Å². The van der Waals surface area contributed by atoms with E-state index in [9.17, 15) is 18.3 Å². The number of phenols is 1. The summed E-state index contributed by atoms with van der Waals surface area (Å²) in [5.41, 5.74) is 1.22. The number of hydrogen-bond donors (Lipinski definition) is 1. The third-order valence-electron chi connectivity index (χ3n) is 5.79. The number of aromatic hydroxyl groups is 1. The maximum Gasteiger partial charge on any atom is 0.166 e. The molecule has 3 rings (SSSR count). The van der Waals surface area contributed by atoms with Crippen LogP contribution in [-0.4, -0.2) is 24.9 Å². The smallest absolute Gasteiger partial charge is 0.166 e. The molecule has 0 atom stereocenters. The third-order valence-corrected chi connectivity index (χ3v) is 5.79. The van der Waals surface area contributed by atoms with E-state index in [-0.39, 0.29) is 41.3 Å². The lowest BCUT2D eigenvalue weighted by Gasteiger charge is -2.29. The van der Waals surface area contributed by atoms with Gasteiger partial charge in [-0.05, 0) is 54.9 Å². The van der Waals surface area contributed by atoms with Crippen molar-refractivity contribution in [2.24, 2.45) is 0 Å². The number of halogens is 3. The van der Waals surface area contributed by atoms with Gasteiger partial charge in [-0.2, -0.15) is 0 Å². The Hall–Kier alpha value is -3.25. The molecule has 2 aromatic rings. The highest BCUT2D eigenvalue weighted by Gasteiger charge is 2.27. The number of allylic oxidation sites excluding steroid dienone is 1. The first-order valence-corrected chi connectivity index (χ1v) is 11.0. The molecule has 3 nitrogen and oxygen atoms in total. The molecular weight excluding hydrogens is 441 g/mol. The first-order chi connectivity index (χ1) is 16.3. The summed E-state index contributed by atoms with van der Waals surface area (Å²) in [7, 11) is 1.40. The Morgan fingerprint density at radius 3 is 2.21 bits per heavy atom. The van der Waals surface area contributed by atoms with Crippen LogP contribution < -0.4 is 0 Å². The van der Waals surface area contributed by atoms with Crippen molar-refractivity contribution < 1.29 is 27.8 Å². The fourth-order valence-electron chi connectivity index (χ4n) is 3.87. The average Bonchev–Trinajstić information content (AvgIpc) is 2.86. The van der Waals surface area contributed by atoms with Crippen molar-refractivity contribution in [3.63, 3.8) is 0 Å². The Kier molecular flexibility index (Phi) is 10.2. The van der Waals surface area contributed by atoms with Crippen LogP contribution in [0.2, 0.25) is 0 Å². The molecule has 0 spiro atoms. The van der Waals surface area contributed by atoms with Gasteiger partial charge in [0.2, 0.25) is 0 Å². The predicted molar refractivity (Wildman–Crippen MR) is 130 cm³/mol. The van der Waals surface area contributed by atoms with Crippen LogP contribution in [0.5, 0.6) is 5.75 Å². The van der Waals surface area contributed by atoms with Crippen LogP contribution in [0.25, 0.3) is 11.1 Å². The van der Waals surface area contributed by atoms with Gasteiger partial charge in [-0.3, -0.25) is 0 Å². The number of methoxy groups -OCH3 is 1. The number of ether oxygens (including phenoxy) is 2. The molecule has 2 aromatic carbocycles. The SMILES string of the molecule is C=C.C=C(/C=C(/F)C(=C)COC1CCC(c2ccc(-c3ccc(O)cc3)c(F)c2F)CC1)OC. The molecule has 1 aliphatic rings. The molecule has 1 saturated carbocycles. The van der Waals surface area contributed by atoms with Crippen LogP contribution >= 0.6 is 0 Å². The summed E-state index contributed by atoms with van der Waals surface area (Å²) in [6.45, 7) is 13.3. The van der Waals surface area contributed by atoms with Gasteiger partial charge < -0.3 is 14.6 Å². The second kappa shape index (κ2) is 12.8. The molecule has 1 N–H and O–H groups in total. The molecule has 0 radical (unpaired) electrons. The van der Waals surface area contributed by atoms with Crippen LogP contribution in [0.4, 0.5) is 13.2 Å². The van der Waals surface area contributed by atoms with Crippen LogP contribution in [0.1, 0.15) is 37.2 Å². The van der Waals surface area contributed by atoms with Crippen LogP contribution in [0, 0.1) is 11.6 Å². The van der Waals surface area contributed by atoms with Crippen molar-refractivity contribution in [2.75, 3.05) is 13.7 Å². The van der Waals surface area contributed by atoms with Gasteiger partial charge in [0.1, 0.15) is 17.3 Å². The highest BCUT2D eigenvalue weighted by Crippen LogP contribution is 2.38. The quantitative estimate of drug-likeness (QED) is 0.242. The van der Waals surface area contributed by atoms with E-state index in [4.69, 9.17) is 9.47 Å². The fourth-order valence-corrected chi connectivity index (χ4v) is 3.87. The van der Waals surface area contributed by atoms with Crippen LogP contribution in [0.15, 0.2) is 85.9 Å². The van der Waals surface area contributed by atoms with Crippen molar-refractivity contribution in [1.82, 2.24) is 0 Å². The van der Waals surface area contributed by atoms with E-state index >= 15 is 0 Å². The summed E-state index contributed by atoms with van der Waals surface area (Å²) >= 11 is 0. The van der Waals surface area contributed by atoms with E-state index in [0.29, 0.717) is 36.8 Å². The normalized spacial score (nSPS) is 17.9. The van der Waals surface area contributed by atoms with E-state index < -0.39 is 17.5 Å². The first kappa shape index (κ1) is 27.0. The van der Waals surface area contributed by atoms with Crippen molar-refractivity contribution in [2.45, 2.75) is 37.7 Å². The summed E-state index contributed by atoms with van der Waals surface area (Å²) in [6, 6.07) is 9.18. The Bertz CT molecular complexity index is 1020. The van der Waals surface area contributed by atoms with E-state index in [1.165, 1.54) is 19.2 Å². The summed E-state index contributed by atoms with van der Waals surface area (Å²) in [4.78, 5) is 0. The Labute approximate surface area is 199 Å². The predicted octanol–water partition coefficient (Wildman–Crippen LogP) is 7.75. The molecule has 0 amide bonds. The number of hydrogen-bond acceptors (Lipinski definition) is 3. The minimum atomic E-state index is -0.886. The van der Waals surface area contributed by atoms with E-state index in [1.54, 1.807) is 24.3 Å². The Balaban J connectivity index is 0.00000199. The largest absolute Gasteiger partial charge is 0.508 e. The Morgan fingerprint density at radius 2 is 1.62 bits per heavy atom. The van der Waals surface area contributed by atoms with E-state index in [1.807, 2.05) is 0 Å². The lowest BCUT2D eigenvalue weighted by atomic mass is 9.82. The maximum absolute atomic E-state index is 14.9.